The lowest BCUT2D eigenvalue weighted by Crippen LogP contribution is -2.26. The number of hydrogen-bond donors (Lipinski definition) is 1. The highest BCUT2D eigenvalue weighted by atomic mass is 79.9. The van der Waals surface area contributed by atoms with E-state index in [2.05, 4.69) is 27.3 Å². The van der Waals surface area contributed by atoms with Crippen LogP contribution in [0.1, 0.15) is 54.6 Å². The van der Waals surface area contributed by atoms with E-state index in [-0.39, 0.29) is 11.8 Å². The van der Waals surface area contributed by atoms with Crippen molar-refractivity contribution in [2.24, 2.45) is 0 Å². The number of nitrogens with zero attached hydrogens (tertiary/aromatic N) is 1. The number of nitrogens with one attached hydrogen (secondary N) is 1. The summed E-state index contributed by atoms with van der Waals surface area (Å²) >= 11 is 3.41. The average molecular weight is 405 g/mol. The molecular formula is C20H25BrN2O2. The molecule has 134 valence electrons. The molecule has 0 saturated carbocycles. The Morgan fingerprint density at radius 3 is 2.84 bits per heavy atom. The minimum atomic E-state index is 0.128. The zero-order valence-electron chi connectivity index (χ0n) is 14.5. The molecule has 0 bridgehead atoms. The molecule has 1 aromatic carbocycles. The van der Waals surface area contributed by atoms with Gasteiger partial charge in [-0.25, -0.2) is 0 Å². The van der Waals surface area contributed by atoms with Gasteiger partial charge >= 0.3 is 0 Å². The number of carbonyl (C=O) groups is 2. The van der Waals surface area contributed by atoms with Gasteiger partial charge in [-0.2, -0.15) is 0 Å². The fourth-order valence-corrected chi connectivity index (χ4v) is 4.07. The number of amides is 1. The predicted molar refractivity (Wildman–Crippen MR) is 104 cm³/mol. The summed E-state index contributed by atoms with van der Waals surface area (Å²) in [6, 6.07) is 8.11. The van der Waals surface area contributed by atoms with Crippen LogP contribution in [0, 0.1) is 0 Å². The molecule has 2 heterocycles. The van der Waals surface area contributed by atoms with E-state index < -0.39 is 0 Å². The Morgan fingerprint density at radius 1 is 1.16 bits per heavy atom. The van der Waals surface area contributed by atoms with Crippen molar-refractivity contribution in [3.8, 4) is 0 Å². The van der Waals surface area contributed by atoms with Gasteiger partial charge in [0.1, 0.15) is 0 Å². The van der Waals surface area contributed by atoms with Crippen molar-refractivity contribution in [3.63, 3.8) is 0 Å². The van der Waals surface area contributed by atoms with Crippen molar-refractivity contribution in [1.82, 2.24) is 9.88 Å². The fraction of sp³-hybridized carbons (Fsp3) is 0.500. The minimum Gasteiger partial charge on any atom is -0.356 e. The van der Waals surface area contributed by atoms with Crippen molar-refractivity contribution in [2.45, 2.75) is 51.4 Å². The maximum atomic E-state index is 12.4. The van der Waals surface area contributed by atoms with Crippen molar-refractivity contribution < 1.29 is 9.59 Å². The Balaban J connectivity index is 1.66. The lowest BCUT2D eigenvalue weighted by atomic mass is 10.0. The van der Waals surface area contributed by atoms with Gasteiger partial charge in [-0.3, -0.25) is 14.2 Å². The minimum absolute atomic E-state index is 0.128. The van der Waals surface area contributed by atoms with Crippen molar-refractivity contribution >= 4 is 38.6 Å². The topological polar surface area (TPSA) is 51.1 Å². The molecule has 0 aliphatic carbocycles. The summed E-state index contributed by atoms with van der Waals surface area (Å²) in [7, 11) is 0. The highest BCUT2D eigenvalue weighted by molar-refractivity contribution is 9.09. The summed E-state index contributed by atoms with van der Waals surface area (Å²) in [5, 5.41) is 5.19. The van der Waals surface area contributed by atoms with E-state index in [0.29, 0.717) is 19.4 Å². The van der Waals surface area contributed by atoms with Crippen molar-refractivity contribution in [1.29, 1.82) is 0 Å². The smallest absolute Gasteiger partial charge is 0.231 e. The molecule has 1 amide bonds. The Morgan fingerprint density at radius 2 is 2.00 bits per heavy atom. The third kappa shape index (κ3) is 4.14. The quantitative estimate of drug-likeness (QED) is 0.528. The normalized spacial score (nSPS) is 13.9. The number of hydrogen-bond acceptors (Lipinski definition) is 2. The van der Waals surface area contributed by atoms with Gasteiger partial charge in [-0.15, -0.1) is 0 Å². The largest absolute Gasteiger partial charge is 0.356 e. The van der Waals surface area contributed by atoms with Gasteiger partial charge in [-0.05, 0) is 43.7 Å². The molecule has 5 heteroatoms. The van der Waals surface area contributed by atoms with E-state index in [4.69, 9.17) is 0 Å². The first-order valence-corrected chi connectivity index (χ1v) is 10.3. The Hall–Kier alpha value is -1.62. The van der Waals surface area contributed by atoms with Crippen LogP contribution >= 0.6 is 15.9 Å². The summed E-state index contributed by atoms with van der Waals surface area (Å²) in [6.45, 7) is 0.631. The zero-order chi connectivity index (χ0) is 17.6. The molecule has 0 radical (unpaired) electrons. The standard InChI is InChI=1S/C20H25BrN2O2/c21-13-5-1-2-10-19(24)22-14-12-16-15-7-3-4-8-17(15)23-18(16)9-6-11-20(23)25/h3-4,7-8H,1-2,5-6,9-14H2,(H,22,24). The maximum absolute atomic E-state index is 12.4. The van der Waals surface area contributed by atoms with E-state index in [1.54, 1.807) is 0 Å². The first kappa shape index (κ1) is 18.2. The van der Waals surface area contributed by atoms with E-state index in [1.807, 2.05) is 22.8 Å². The third-order valence-electron chi connectivity index (χ3n) is 4.88. The number of benzene rings is 1. The molecule has 1 aliphatic heterocycles. The SMILES string of the molecule is O=C(CCCCCBr)NCCc1c2n(c3ccccc13)C(=O)CCC2. The van der Waals surface area contributed by atoms with Crippen LogP contribution in [0.2, 0.25) is 0 Å². The summed E-state index contributed by atoms with van der Waals surface area (Å²) in [5.74, 6) is 0.322. The van der Waals surface area contributed by atoms with E-state index in [1.165, 1.54) is 5.56 Å². The number of halogens is 1. The first-order valence-electron chi connectivity index (χ1n) is 9.19. The highest BCUT2D eigenvalue weighted by Crippen LogP contribution is 2.30. The van der Waals surface area contributed by atoms with Crippen LogP contribution in [-0.2, 0) is 17.6 Å². The van der Waals surface area contributed by atoms with Crippen molar-refractivity contribution in [3.05, 3.63) is 35.5 Å². The van der Waals surface area contributed by atoms with Gasteiger partial charge in [0.05, 0.1) is 5.52 Å². The number of carbonyl (C=O) groups excluding carboxylic acids is 2. The lowest BCUT2D eigenvalue weighted by molar-refractivity contribution is -0.121. The van der Waals surface area contributed by atoms with Gasteiger partial charge in [-0.1, -0.05) is 40.5 Å². The molecule has 0 unspecified atom stereocenters. The number of aromatic nitrogens is 1. The lowest BCUT2D eigenvalue weighted by Gasteiger charge is -2.16. The highest BCUT2D eigenvalue weighted by Gasteiger charge is 2.24. The monoisotopic (exact) mass is 404 g/mol. The van der Waals surface area contributed by atoms with Gasteiger partial charge in [0.2, 0.25) is 11.8 Å². The molecule has 1 N–H and O–H groups in total. The summed E-state index contributed by atoms with van der Waals surface area (Å²) in [4.78, 5) is 24.3. The Kier molecular flexibility index (Phi) is 6.29. The zero-order valence-corrected chi connectivity index (χ0v) is 16.1. The van der Waals surface area contributed by atoms with Crippen LogP contribution in [0.25, 0.3) is 10.9 Å². The molecule has 1 aliphatic rings. The molecule has 0 atom stereocenters. The average Bonchev–Trinajstić information content (AvgIpc) is 2.94. The molecule has 1 aromatic heterocycles. The molecular weight excluding hydrogens is 380 g/mol. The van der Waals surface area contributed by atoms with Gasteiger partial charge in [0.25, 0.3) is 0 Å². The summed E-state index contributed by atoms with van der Waals surface area (Å²) in [5.41, 5.74) is 3.38. The number of alkyl halides is 1. The van der Waals surface area contributed by atoms with Crippen LogP contribution in [0.3, 0.4) is 0 Å². The summed E-state index contributed by atoms with van der Waals surface area (Å²) < 4.78 is 1.90. The molecule has 25 heavy (non-hydrogen) atoms. The second-order valence-electron chi connectivity index (χ2n) is 6.62. The Labute approximate surface area is 157 Å². The van der Waals surface area contributed by atoms with Crippen LogP contribution in [0.15, 0.2) is 24.3 Å². The van der Waals surface area contributed by atoms with Crippen molar-refractivity contribution in [2.75, 3.05) is 11.9 Å². The van der Waals surface area contributed by atoms with E-state index in [9.17, 15) is 9.59 Å². The molecule has 0 fully saturated rings. The second-order valence-corrected chi connectivity index (χ2v) is 7.42. The molecule has 0 saturated heterocycles. The van der Waals surface area contributed by atoms with E-state index in [0.717, 1.165) is 60.5 Å². The van der Waals surface area contributed by atoms with Crippen LogP contribution in [-0.4, -0.2) is 28.3 Å². The number of unbranched alkanes of at least 4 members (excludes halogenated alkanes) is 2. The van der Waals surface area contributed by atoms with Gasteiger partial charge in [0, 0.05) is 35.8 Å². The predicted octanol–water partition coefficient (Wildman–Crippen LogP) is 4.23. The fourth-order valence-electron chi connectivity index (χ4n) is 3.68. The second kappa shape index (κ2) is 8.65. The molecule has 4 nitrogen and oxygen atoms in total. The Bertz CT molecular complexity index is 766. The number of para-hydroxylation sites is 1. The van der Waals surface area contributed by atoms with Crippen LogP contribution in [0.5, 0.6) is 0 Å². The molecule has 3 rings (SSSR count). The van der Waals surface area contributed by atoms with Crippen LogP contribution in [0.4, 0.5) is 0 Å². The third-order valence-corrected chi connectivity index (χ3v) is 5.44. The molecule has 0 spiro atoms. The van der Waals surface area contributed by atoms with E-state index >= 15 is 0 Å². The molecule has 2 aromatic rings. The van der Waals surface area contributed by atoms with Gasteiger partial charge < -0.3 is 5.32 Å². The van der Waals surface area contributed by atoms with Crippen LogP contribution < -0.4 is 5.32 Å². The maximum Gasteiger partial charge on any atom is 0.231 e. The number of rotatable bonds is 8. The van der Waals surface area contributed by atoms with Gasteiger partial charge in [0.15, 0.2) is 0 Å². The summed E-state index contributed by atoms with van der Waals surface area (Å²) in [6.07, 6.45) is 7.00. The first-order chi connectivity index (χ1) is 12.2. The number of fused-ring (bicyclic) bond motifs is 3.